The average Bonchev–Trinajstić information content (AvgIpc) is 2.42. The first-order valence-electron chi connectivity index (χ1n) is 7.04. The van der Waals surface area contributed by atoms with Crippen LogP contribution in [0.4, 0.5) is 0 Å². The van der Waals surface area contributed by atoms with Crippen molar-refractivity contribution in [1.29, 1.82) is 0 Å². The number of methoxy groups -OCH3 is 1. The summed E-state index contributed by atoms with van der Waals surface area (Å²) in [5.74, 6) is 1.54. The lowest BCUT2D eigenvalue weighted by Gasteiger charge is -2.29. The SMILES string of the molecule is COc1c(C)cc(Br)c(C)c1C(Cl)C1CCCCC1. The monoisotopic (exact) mass is 344 g/mol. The standard InChI is InChI=1S/C16H22BrClO/c1-10-9-13(17)11(2)14(16(10)19-3)15(18)12-7-5-4-6-8-12/h9,12,15H,4-8H2,1-3H3. The first-order valence-corrected chi connectivity index (χ1v) is 8.26. The molecule has 1 saturated carbocycles. The van der Waals surface area contributed by atoms with Gasteiger partial charge in [-0.05, 0) is 49.8 Å². The molecule has 0 heterocycles. The fraction of sp³-hybridized carbons (Fsp3) is 0.625. The van der Waals surface area contributed by atoms with Crippen LogP contribution in [-0.2, 0) is 0 Å². The molecule has 0 aromatic heterocycles. The van der Waals surface area contributed by atoms with Gasteiger partial charge in [0.1, 0.15) is 5.75 Å². The Hall–Kier alpha value is -0.210. The second-order valence-corrected chi connectivity index (χ2v) is 6.87. The Labute approximate surface area is 129 Å². The number of rotatable bonds is 3. The van der Waals surface area contributed by atoms with Crippen molar-refractivity contribution >= 4 is 27.5 Å². The molecule has 0 N–H and O–H groups in total. The molecule has 0 spiro atoms. The molecule has 1 aliphatic carbocycles. The van der Waals surface area contributed by atoms with Gasteiger partial charge in [-0.2, -0.15) is 0 Å². The van der Waals surface area contributed by atoms with Crippen LogP contribution >= 0.6 is 27.5 Å². The Morgan fingerprint density at radius 3 is 2.47 bits per heavy atom. The molecular formula is C16H22BrClO. The highest BCUT2D eigenvalue weighted by molar-refractivity contribution is 9.10. The summed E-state index contributed by atoms with van der Waals surface area (Å²) in [5, 5.41) is 0.0615. The molecule has 0 aliphatic heterocycles. The molecule has 3 heteroatoms. The van der Waals surface area contributed by atoms with E-state index < -0.39 is 0 Å². The van der Waals surface area contributed by atoms with Crippen molar-refractivity contribution in [1.82, 2.24) is 0 Å². The zero-order chi connectivity index (χ0) is 14.0. The van der Waals surface area contributed by atoms with Crippen LogP contribution in [-0.4, -0.2) is 7.11 Å². The number of hydrogen-bond acceptors (Lipinski definition) is 1. The summed E-state index contributed by atoms with van der Waals surface area (Å²) in [5.41, 5.74) is 3.55. The van der Waals surface area contributed by atoms with Gasteiger partial charge in [0.15, 0.2) is 0 Å². The third kappa shape index (κ3) is 3.11. The summed E-state index contributed by atoms with van der Waals surface area (Å²) in [6.45, 7) is 4.20. The largest absolute Gasteiger partial charge is 0.496 e. The Morgan fingerprint density at radius 1 is 1.26 bits per heavy atom. The van der Waals surface area contributed by atoms with Crippen LogP contribution in [0.15, 0.2) is 10.5 Å². The summed E-state index contributed by atoms with van der Waals surface area (Å²) in [4.78, 5) is 0. The Bertz CT molecular complexity index is 453. The van der Waals surface area contributed by atoms with E-state index in [0.717, 1.165) is 15.8 Å². The topological polar surface area (TPSA) is 9.23 Å². The number of halogens is 2. The highest BCUT2D eigenvalue weighted by Crippen LogP contribution is 2.46. The summed E-state index contributed by atoms with van der Waals surface area (Å²) in [6, 6.07) is 2.11. The lowest BCUT2D eigenvalue weighted by Crippen LogP contribution is -2.14. The van der Waals surface area contributed by atoms with E-state index >= 15 is 0 Å². The molecule has 0 radical (unpaired) electrons. The minimum Gasteiger partial charge on any atom is -0.496 e. The Morgan fingerprint density at radius 2 is 1.89 bits per heavy atom. The van der Waals surface area contributed by atoms with Crippen LogP contribution in [0.3, 0.4) is 0 Å². The first-order chi connectivity index (χ1) is 9.06. The van der Waals surface area contributed by atoms with Crippen LogP contribution in [0.1, 0.15) is 54.2 Å². The molecule has 2 rings (SSSR count). The Kier molecular flexibility index (Phi) is 5.19. The van der Waals surface area contributed by atoms with E-state index in [1.165, 1.54) is 43.2 Å². The molecule has 0 amide bonds. The predicted molar refractivity (Wildman–Crippen MR) is 85.3 cm³/mol. The lowest BCUT2D eigenvalue weighted by atomic mass is 9.83. The van der Waals surface area contributed by atoms with Crippen LogP contribution < -0.4 is 4.74 Å². The van der Waals surface area contributed by atoms with Crippen LogP contribution in [0.5, 0.6) is 5.75 Å². The highest BCUT2D eigenvalue weighted by atomic mass is 79.9. The maximum atomic E-state index is 6.82. The smallest absolute Gasteiger partial charge is 0.126 e. The number of ether oxygens (including phenoxy) is 1. The third-order valence-corrected chi connectivity index (χ3v) is 5.65. The van der Waals surface area contributed by atoms with E-state index in [9.17, 15) is 0 Å². The van der Waals surface area contributed by atoms with E-state index in [-0.39, 0.29) is 5.38 Å². The number of aryl methyl sites for hydroxylation is 1. The molecule has 1 aromatic rings. The molecule has 1 atom stereocenters. The molecular weight excluding hydrogens is 324 g/mol. The number of benzene rings is 1. The normalized spacial score (nSPS) is 18.4. The second-order valence-electron chi connectivity index (χ2n) is 5.55. The molecule has 1 nitrogen and oxygen atoms in total. The van der Waals surface area contributed by atoms with Gasteiger partial charge in [0, 0.05) is 10.0 Å². The van der Waals surface area contributed by atoms with E-state index in [2.05, 4.69) is 35.8 Å². The number of hydrogen-bond donors (Lipinski definition) is 0. The minimum absolute atomic E-state index is 0.0615. The van der Waals surface area contributed by atoms with Gasteiger partial charge in [-0.25, -0.2) is 0 Å². The van der Waals surface area contributed by atoms with Crippen LogP contribution in [0.25, 0.3) is 0 Å². The van der Waals surface area contributed by atoms with Gasteiger partial charge >= 0.3 is 0 Å². The maximum Gasteiger partial charge on any atom is 0.126 e. The molecule has 0 saturated heterocycles. The molecule has 0 bridgehead atoms. The van der Waals surface area contributed by atoms with Gasteiger partial charge in [-0.3, -0.25) is 0 Å². The van der Waals surface area contributed by atoms with Crippen molar-refractivity contribution in [3.8, 4) is 5.75 Å². The van der Waals surface area contributed by atoms with Gasteiger partial charge in [-0.15, -0.1) is 11.6 Å². The molecule has 1 aliphatic rings. The predicted octanol–water partition coefficient (Wildman–Crippen LogP) is 5.93. The second kappa shape index (κ2) is 6.49. The number of alkyl halides is 1. The van der Waals surface area contributed by atoms with Crippen molar-refractivity contribution in [2.24, 2.45) is 5.92 Å². The quantitative estimate of drug-likeness (QED) is 0.616. The zero-order valence-electron chi connectivity index (χ0n) is 11.9. The van der Waals surface area contributed by atoms with Crippen molar-refractivity contribution in [2.45, 2.75) is 51.3 Å². The van der Waals surface area contributed by atoms with Gasteiger partial charge in [0.25, 0.3) is 0 Å². The van der Waals surface area contributed by atoms with Crippen molar-refractivity contribution in [2.75, 3.05) is 7.11 Å². The first kappa shape index (κ1) is 15.2. The average molecular weight is 346 g/mol. The fourth-order valence-electron chi connectivity index (χ4n) is 3.14. The maximum absolute atomic E-state index is 6.82. The zero-order valence-corrected chi connectivity index (χ0v) is 14.3. The molecule has 19 heavy (non-hydrogen) atoms. The van der Waals surface area contributed by atoms with Gasteiger partial charge in [-0.1, -0.05) is 35.2 Å². The summed E-state index contributed by atoms with van der Waals surface area (Å²) in [6.07, 6.45) is 6.45. The van der Waals surface area contributed by atoms with Gasteiger partial charge in [0.2, 0.25) is 0 Å². The minimum atomic E-state index is 0.0615. The third-order valence-electron chi connectivity index (χ3n) is 4.25. The van der Waals surface area contributed by atoms with Crippen molar-refractivity contribution in [3.63, 3.8) is 0 Å². The molecule has 1 fully saturated rings. The Balaban J connectivity index is 2.41. The fourth-order valence-corrected chi connectivity index (χ4v) is 4.21. The van der Waals surface area contributed by atoms with E-state index in [1.807, 2.05) is 0 Å². The molecule has 106 valence electrons. The van der Waals surface area contributed by atoms with E-state index in [0.29, 0.717) is 5.92 Å². The highest BCUT2D eigenvalue weighted by Gasteiger charge is 2.28. The van der Waals surface area contributed by atoms with Crippen LogP contribution in [0, 0.1) is 19.8 Å². The summed E-state index contributed by atoms with van der Waals surface area (Å²) < 4.78 is 6.75. The van der Waals surface area contributed by atoms with Gasteiger partial charge in [0.05, 0.1) is 12.5 Å². The van der Waals surface area contributed by atoms with Gasteiger partial charge < -0.3 is 4.74 Å². The van der Waals surface area contributed by atoms with E-state index in [1.54, 1.807) is 7.11 Å². The van der Waals surface area contributed by atoms with Crippen molar-refractivity contribution < 1.29 is 4.74 Å². The summed E-state index contributed by atoms with van der Waals surface area (Å²) >= 11 is 10.5. The van der Waals surface area contributed by atoms with E-state index in [4.69, 9.17) is 16.3 Å². The van der Waals surface area contributed by atoms with Crippen molar-refractivity contribution in [3.05, 3.63) is 27.2 Å². The summed E-state index contributed by atoms with van der Waals surface area (Å²) in [7, 11) is 1.74. The molecule has 1 aromatic carbocycles. The van der Waals surface area contributed by atoms with Crippen LogP contribution in [0.2, 0.25) is 0 Å². The molecule has 1 unspecified atom stereocenters. The lowest BCUT2D eigenvalue weighted by molar-refractivity contribution is 0.339.